The number of rotatable bonds is 4. The van der Waals surface area contributed by atoms with Crippen molar-refractivity contribution in [1.29, 1.82) is 0 Å². The lowest BCUT2D eigenvalue weighted by atomic mass is 10.1. The highest BCUT2D eigenvalue weighted by molar-refractivity contribution is 5.21. The quantitative estimate of drug-likeness (QED) is 0.866. The van der Waals surface area contributed by atoms with Gasteiger partial charge in [-0.05, 0) is 12.5 Å². The number of aryl methyl sites for hydroxylation is 1. The minimum atomic E-state index is -0.238. The molecule has 4 nitrogen and oxygen atoms in total. The molecule has 0 radical (unpaired) electrons. The first-order valence-electron chi connectivity index (χ1n) is 7.40. The molecule has 5 heteroatoms. The van der Waals surface area contributed by atoms with Gasteiger partial charge in [0, 0.05) is 61.7 Å². The van der Waals surface area contributed by atoms with Crippen molar-refractivity contribution in [2.75, 3.05) is 6.54 Å². The molecule has 21 heavy (non-hydrogen) atoms. The Morgan fingerprint density at radius 2 is 2.24 bits per heavy atom. The van der Waals surface area contributed by atoms with Crippen molar-refractivity contribution in [3.63, 3.8) is 0 Å². The molecule has 3 rings (SSSR count). The van der Waals surface area contributed by atoms with Crippen LogP contribution in [0.2, 0.25) is 0 Å². The maximum Gasteiger partial charge on any atom is 0.145 e. The highest BCUT2D eigenvalue weighted by atomic mass is 19.1. The van der Waals surface area contributed by atoms with E-state index in [1.807, 2.05) is 6.20 Å². The summed E-state index contributed by atoms with van der Waals surface area (Å²) in [6, 6.07) is 1.74. The number of halogens is 1. The molecule has 2 aromatic heterocycles. The van der Waals surface area contributed by atoms with Crippen LogP contribution >= 0.6 is 0 Å². The highest BCUT2D eigenvalue weighted by Crippen LogP contribution is 2.19. The second-order valence-electron chi connectivity index (χ2n) is 5.44. The Morgan fingerprint density at radius 1 is 1.33 bits per heavy atom. The molecule has 2 aromatic rings. The van der Waals surface area contributed by atoms with Gasteiger partial charge < -0.3 is 0 Å². The van der Waals surface area contributed by atoms with Crippen LogP contribution < -0.4 is 0 Å². The third-order valence-electron chi connectivity index (χ3n) is 3.79. The van der Waals surface area contributed by atoms with E-state index >= 15 is 0 Å². The first-order chi connectivity index (χ1) is 10.3. The molecule has 0 atom stereocenters. The van der Waals surface area contributed by atoms with Crippen LogP contribution in [-0.4, -0.2) is 26.4 Å². The summed E-state index contributed by atoms with van der Waals surface area (Å²) in [4.78, 5) is 15.1. The van der Waals surface area contributed by atoms with E-state index in [9.17, 15) is 4.39 Å². The van der Waals surface area contributed by atoms with E-state index in [4.69, 9.17) is 0 Å². The van der Waals surface area contributed by atoms with Crippen LogP contribution in [0, 0.1) is 5.82 Å². The van der Waals surface area contributed by atoms with Crippen molar-refractivity contribution in [2.45, 2.75) is 39.3 Å². The van der Waals surface area contributed by atoms with Crippen LogP contribution in [0.5, 0.6) is 0 Å². The molecule has 1 aliphatic rings. The van der Waals surface area contributed by atoms with E-state index < -0.39 is 0 Å². The lowest BCUT2D eigenvalue weighted by molar-refractivity contribution is 0.239. The maximum absolute atomic E-state index is 13.7. The second-order valence-corrected chi connectivity index (χ2v) is 5.44. The van der Waals surface area contributed by atoms with Crippen LogP contribution in [0.1, 0.15) is 36.0 Å². The molecular weight excluding hydrogens is 267 g/mol. The van der Waals surface area contributed by atoms with Crippen molar-refractivity contribution >= 4 is 0 Å². The van der Waals surface area contributed by atoms with Crippen molar-refractivity contribution in [2.24, 2.45) is 0 Å². The average molecular weight is 286 g/mol. The molecule has 0 fully saturated rings. The van der Waals surface area contributed by atoms with Crippen molar-refractivity contribution in [3.05, 3.63) is 53.1 Å². The molecule has 1 aliphatic heterocycles. The van der Waals surface area contributed by atoms with Gasteiger partial charge in [-0.15, -0.1) is 0 Å². The Balaban J connectivity index is 1.71. The zero-order valence-electron chi connectivity index (χ0n) is 12.2. The van der Waals surface area contributed by atoms with Crippen LogP contribution in [0.25, 0.3) is 0 Å². The van der Waals surface area contributed by atoms with Gasteiger partial charge in [-0.3, -0.25) is 9.88 Å². The fourth-order valence-corrected chi connectivity index (χ4v) is 2.67. The molecule has 0 saturated heterocycles. The van der Waals surface area contributed by atoms with Crippen LogP contribution in [-0.2, 0) is 25.9 Å². The standard InChI is InChI=1S/C16H19FN4/c1-2-3-16-19-8-13-11-21(7-5-15(13)20-16)10-12-4-6-18-9-14(12)17/h4,6,8-9H,2-3,5,7,10-11H2,1H3. The van der Waals surface area contributed by atoms with Gasteiger partial charge >= 0.3 is 0 Å². The third-order valence-corrected chi connectivity index (χ3v) is 3.79. The van der Waals surface area contributed by atoms with Crippen molar-refractivity contribution in [3.8, 4) is 0 Å². The number of nitrogens with zero attached hydrogens (tertiary/aromatic N) is 4. The topological polar surface area (TPSA) is 41.9 Å². The monoisotopic (exact) mass is 286 g/mol. The molecule has 0 unspecified atom stereocenters. The molecule has 110 valence electrons. The van der Waals surface area contributed by atoms with E-state index in [0.29, 0.717) is 12.1 Å². The van der Waals surface area contributed by atoms with Gasteiger partial charge in [-0.25, -0.2) is 14.4 Å². The summed E-state index contributed by atoms with van der Waals surface area (Å²) in [6.07, 6.45) is 7.74. The summed E-state index contributed by atoms with van der Waals surface area (Å²) in [5.41, 5.74) is 3.01. The van der Waals surface area contributed by atoms with Gasteiger partial charge in [-0.1, -0.05) is 6.92 Å². The Bertz CT molecular complexity index is 629. The summed E-state index contributed by atoms with van der Waals surface area (Å²) in [6.45, 7) is 4.42. The maximum atomic E-state index is 13.7. The highest BCUT2D eigenvalue weighted by Gasteiger charge is 2.19. The Morgan fingerprint density at radius 3 is 3.05 bits per heavy atom. The number of hydrogen-bond donors (Lipinski definition) is 0. The minimum absolute atomic E-state index is 0.238. The largest absolute Gasteiger partial charge is 0.294 e. The summed E-state index contributed by atoms with van der Waals surface area (Å²) >= 11 is 0. The van der Waals surface area contributed by atoms with E-state index in [0.717, 1.165) is 49.4 Å². The number of hydrogen-bond acceptors (Lipinski definition) is 4. The number of fused-ring (bicyclic) bond motifs is 1. The minimum Gasteiger partial charge on any atom is -0.294 e. The lowest BCUT2D eigenvalue weighted by Crippen LogP contribution is -2.31. The molecular formula is C16H19FN4. The normalized spacial score (nSPS) is 15.0. The summed E-state index contributed by atoms with van der Waals surface area (Å²) < 4.78 is 13.7. The van der Waals surface area contributed by atoms with Gasteiger partial charge in [-0.2, -0.15) is 0 Å². The van der Waals surface area contributed by atoms with Gasteiger partial charge in [0.1, 0.15) is 11.6 Å². The summed E-state index contributed by atoms with van der Waals surface area (Å²) in [5, 5.41) is 0. The molecule has 0 bridgehead atoms. The zero-order chi connectivity index (χ0) is 14.7. The predicted octanol–water partition coefficient (Wildman–Crippen LogP) is 2.52. The van der Waals surface area contributed by atoms with E-state index in [1.165, 1.54) is 6.20 Å². The smallest absolute Gasteiger partial charge is 0.145 e. The molecule has 0 aliphatic carbocycles. The molecule has 0 N–H and O–H groups in total. The molecule has 0 amide bonds. The SMILES string of the molecule is CCCc1ncc2c(n1)CCN(Cc1ccncc1F)C2. The van der Waals surface area contributed by atoms with E-state index in [1.54, 1.807) is 12.3 Å². The van der Waals surface area contributed by atoms with Crippen LogP contribution in [0.4, 0.5) is 4.39 Å². The number of pyridine rings is 1. The Labute approximate surface area is 124 Å². The summed E-state index contributed by atoms with van der Waals surface area (Å²) in [5.74, 6) is 0.697. The fraction of sp³-hybridized carbons (Fsp3) is 0.438. The fourth-order valence-electron chi connectivity index (χ4n) is 2.67. The molecule has 0 saturated carbocycles. The Kier molecular flexibility index (Phi) is 4.20. The third kappa shape index (κ3) is 3.24. The first-order valence-corrected chi connectivity index (χ1v) is 7.40. The van der Waals surface area contributed by atoms with Gasteiger partial charge in [0.05, 0.1) is 6.20 Å². The van der Waals surface area contributed by atoms with Gasteiger partial charge in [0.15, 0.2) is 0 Å². The predicted molar refractivity (Wildman–Crippen MR) is 78.0 cm³/mol. The summed E-state index contributed by atoms with van der Waals surface area (Å²) in [7, 11) is 0. The second kappa shape index (κ2) is 6.26. The van der Waals surface area contributed by atoms with E-state index in [-0.39, 0.29) is 5.82 Å². The van der Waals surface area contributed by atoms with Gasteiger partial charge in [0.25, 0.3) is 0 Å². The van der Waals surface area contributed by atoms with Crippen molar-refractivity contribution in [1.82, 2.24) is 19.9 Å². The molecule has 0 spiro atoms. The molecule has 3 heterocycles. The van der Waals surface area contributed by atoms with Gasteiger partial charge in [0.2, 0.25) is 0 Å². The lowest BCUT2D eigenvalue weighted by Gasteiger charge is -2.28. The van der Waals surface area contributed by atoms with E-state index in [2.05, 4.69) is 26.8 Å². The average Bonchev–Trinajstić information content (AvgIpc) is 2.50. The van der Waals surface area contributed by atoms with Crippen molar-refractivity contribution < 1.29 is 4.39 Å². The zero-order valence-corrected chi connectivity index (χ0v) is 12.2. The molecule has 0 aromatic carbocycles. The Hall–Kier alpha value is -1.88. The first kappa shape index (κ1) is 14.1. The van der Waals surface area contributed by atoms with Crippen LogP contribution in [0.15, 0.2) is 24.7 Å². The number of aromatic nitrogens is 3. The van der Waals surface area contributed by atoms with Crippen LogP contribution in [0.3, 0.4) is 0 Å².